The topological polar surface area (TPSA) is 119 Å². The second kappa shape index (κ2) is 6.43. The molecular formula is C17H16N6O2S. The lowest BCUT2D eigenvalue weighted by molar-refractivity contribution is 0.310. The number of fused-ring (bicyclic) bond motifs is 1. The summed E-state index contributed by atoms with van der Waals surface area (Å²) in [6.45, 7) is 2.67. The maximum absolute atomic E-state index is 11.6. The number of hydrogen-bond donors (Lipinski definition) is 1. The summed E-state index contributed by atoms with van der Waals surface area (Å²) < 4.78 is 18.4. The number of hydrogen-bond acceptors (Lipinski definition) is 7. The number of nitrogens with two attached hydrogens (primary N) is 1. The molecular weight excluding hydrogens is 352 g/mol. The van der Waals surface area contributed by atoms with Gasteiger partial charge in [0, 0.05) is 18.3 Å². The molecule has 4 aromatic rings. The second-order valence-electron chi connectivity index (χ2n) is 5.71. The lowest BCUT2D eigenvalue weighted by Gasteiger charge is -2.09. The highest BCUT2D eigenvalue weighted by Crippen LogP contribution is 2.33. The van der Waals surface area contributed by atoms with E-state index in [1.165, 1.54) is 0 Å². The first-order valence-corrected chi connectivity index (χ1v) is 9.52. The van der Waals surface area contributed by atoms with Crippen LogP contribution in [-0.2, 0) is 17.7 Å². The molecule has 9 heteroatoms. The molecule has 4 rings (SSSR count). The first-order chi connectivity index (χ1) is 12.6. The highest BCUT2D eigenvalue weighted by molar-refractivity contribution is 7.90. The predicted octanol–water partition coefficient (Wildman–Crippen LogP) is 2.49. The summed E-state index contributed by atoms with van der Waals surface area (Å²) in [5.41, 5.74) is 9.79. The molecule has 26 heavy (non-hydrogen) atoms. The van der Waals surface area contributed by atoms with Gasteiger partial charge >= 0.3 is 0 Å². The number of nitrogens with zero attached hydrogens (tertiary/aromatic N) is 5. The maximum Gasteiger partial charge on any atom is 0.199 e. The van der Waals surface area contributed by atoms with E-state index >= 15 is 0 Å². The van der Waals surface area contributed by atoms with E-state index in [1.807, 2.05) is 35.8 Å². The van der Waals surface area contributed by atoms with Gasteiger partial charge in [-0.2, -0.15) is 0 Å². The molecule has 1 aromatic carbocycles. The maximum atomic E-state index is 11.6. The van der Waals surface area contributed by atoms with Crippen LogP contribution in [0.4, 0.5) is 5.82 Å². The quantitative estimate of drug-likeness (QED) is 0.550. The highest BCUT2D eigenvalue weighted by Gasteiger charge is 2.21. The van der Waals surface area contributed by atoms with Crippen molar-refractivity contribution < 1.29 is 9.18 Å². The van der Waals surface area contributed by atoms with Gasteiger partial charge in [0.1, 0.15) is 11.8 Å². The van der Waals surface area contributed by atoms with E-state index in [1.54, 1.807) is 18.6 Å². The van der Waals surface area contributed by atoms with E-state index in [2.05, 4.69) is 20.3 Å². The summed E-state index contributed by atoms with van der Waals surface area (Å²) in [5, 5.41) is 7.51. The van der Waals surface area contributed by atoms with Crippen LogP contribution in [-0.4, -0.2) is 35.7 Å². The molecule has 0 amide bonds. The molecule has 1 atom stereocenters. The van der Waals surface area contributed by atoms with Crippen molar-refractivity contribution >= 4 is 28.0 Å². The molecule has 0 radical (unpaired) electrons. The molecule has 1 unspecified atom stereocenters. The smallest absolute Gasteiger partial charge is 0.199 e. The fourth-order valence-corrected chi connectivity index (χ4v) is 3.48. The van der Waals surface area contributed by atoms with Crippen LogP contribution in [0, 0.1) is 0 Å². The van der Waals surface area contributed by atoms with Gasteiger partial charge in [-0.05, 0) is 58.2 Å². The molecule has 8 nitrogen and oxygen atoms in total. The Morgan fingerprint density at radius 2 is 1.96 bits per heavy atom. The van der Waals surface area contributed by atoms with Crippen LogP contribution < -0.4 is 5.73 Å². The lowest BCUT2D eigenvalue weighted by atomic mass is 10.1. The first-order valence-electron chi connectivity index (χ1n) is 7.96. The van der Waals surface area contributed by atoms with Crippen molar-refractivity contribution in [3.8, 4) is 22.6 Å². The van der Waals surface area contributed by atoms with E-state index in [9.17, 15) is 4.55 Å². The van der Waals surface area contributed by atoms with Gasteiger partial charge in [0.05, 0.1) is 11.7 Å². The highest BCUT2D eigenvalue weighted by atomic mass is 32.2. The Hall–Kier alpha value is -2.91. The third-order valence-electron chi connectivity index (χ3n) is 4.19. The van der Waals surface area contributed by atoms with Crippen LogP contribution in [0.2, 0.25) is 0 Å². The molecule has 0 fully saturated rings. The van der Waals surface area contributed by atoms with Gasteiger partial charge in [0.2, 0.25) is 0 Å². The molecule has 132 valence electrons. The van der Waals surface area contributed by atoms with Crippen molar-refractivity contribution in [3.63, 3.8) is 0 Å². The van der Waals surface area contributed by atoms with Crippen LogP contribution in [0.1, 0.15) is 6.92 Å². The number of nitrogen functional groups attached to an aromatic ring is 1. The Balaban J connectivity index is 1.94. The minimum absolute atomic E-state index is 0.194. The van der Waals surface area contributed by atoms with Gasteiger partial charge in [-0.25, -0.2) is 9.61 Å². The number of anilines is 1. The third-order valence-corrected chi connectivity index (χ3v) is 5.13. The summed E-state index contributed by atoms with van der Waals surface area (Å²) in [4.78, 5) is 9.72. The van der Waals surface area contributed by atoms with E-state index in [-0.39, 0.29) is 5.82 Å². The van der Waals surface area contributed by atoms with E-state index < -0.39 is 11.2 Å². The number of pyridine rings is 1. The molecule has 3 aromatic heterocycles. The Morgan fingerprint density at radius 1 is 1.19 bits per heavy atom. The number of aromatic nitrogens is 5. The predicted molar refractivity (Wildman–Crippen MR) is 98.7 cm³/mol. The van der Waals surface area contributed by atoms with Gasteiger partial charge in [0.25, 0.3) is 0 Å². The molecule has 2 N–H and O–H groups in total. The van der Waals surface area contributed by atoms with Crippen molar-refractivity contribution in [2.24, 2.45) is 0 Å². The van der Waals surface area contributed by atoms with E-state index in [0.29, 0.717) is 18.1 Å². The normalized spacial score (nSPS) is 12.6. The van der Waals surface area contributed by atoms with Crippen molar-refractivity contribution in [1.82, 2.24) is 24.8 Å². The second-order valence-corrected chi connectivity index (χ2v) is 7.09. The molecule has 0 saturated heterocycles. The van der Waals surface area contributed by atoms with Crippen molar-refractivity contribution in [3.05, 3.63) is 36.7 Å². The Labute approximate surface area is 152 Å². The zero-order chi connectivity index (χ0) is 18.3. The van der Waals surface area contributed by atoms with Crippen LogP contribution in [0.25, 0.3) is 33.7 Å². The zero-order valence-corrected chi connectivity index (χ0v) is 15.0. The van der Waals surface area contributed by atoms with Crippen molar-refractivity contribution in [1.29, 1.82) is 0 Å². The van der Waals surface area contributed by atoms with Gasteiger partial charge < -0.3 is 14.9 Å². The number of benzene rings is 1. The first kappa shape index (κ1) is 16.6. The largest absolute Gasteiger partial charge is 0.612 e. The molecule has 0 saturated carbocycles. The molecule has 0 aliphatic heterocycles. The minimum atomic E-state index is -1.02. The summed E-state index contributed by atoms with van der Waals surface area (Å²) in [7, 11) is 0. The van der Waals surface area contributed by atoms with Crippen LogP contribution in [0.3, 0.4) is 0 Å². The average Bonchev–Trinajstić information content (AvgIpc) is 3.24. The lowest BCUT2D eigenvalue weighted by Crippen LogP contribution is -2.01. The van der Waals surface area contributed by atoms with Crippen LogP contribution >= 0.6 is 0 Å². The Bertz CT molecular complexity index is 1070. The monoisotopic (exact) mass is 368 g/mol. The van der Waals surface area contributed by atoms with Gasteiger partial charge in [0.15, 0.2) is 22.2 Å². The molecule has 0 aliphatic rings. The standard InChI is InChI=1S/C17H16N6O2S/c1-3-23-15-12(10-4-6-11(7-5-10)26(2)24)8-19-9-13(15)20-17(23)14-16(18)22-25-21-14/h4-9H,3H2,1-2H3,(H2,18,22). The fourth-order valence-electron chi connectivity index (χ4n) is 2.97. The van der Waals surface area contributed by atoms with E-state index in [4.69, 9.17) is 10.4 Å². The number of imidazole rings is 1. The third kappa shape index (κ3) is 2.61. The molecule has 0 spiro atoms. The fraction of sp³-hybridized carbons (Fsp3) is 0.176. The van der Waals surface area contributed by atoms with Crippen LogP contribution in [0.15, 0.2) is 46.2 Å². The average molecular weight is 368 g/mol. The molecule has 3 heterocycles. The zero-order valence-electron chi connectivity index (χ0n) is 14.2. The minimum Gasteiger partial charge on any atom is -0.612 e. The number of aryl methyl sites for hydroxylation is 1. The summed E-state index contributed by atoms with van der Waals surface area (Å²) >= 11 is -1.02. The van der Waals surface area contributed by atoms with Gasteiger partial charge in [-0.15, -0.1) is 0 Å². The molecule has 0 aliphatic carbocycles. The molecule has 0 bridgehead atoms. The van der Waals surface area contributed by atoms with Gasteiger partial charge in [-0.1, -0.05) is 0 Å². The number of rotatable bonds is 4. The van der Waals surface area contributed by atoms with Gasteiger partial charge in [-0.3, -0.25) is 4.98 Å². The summed E-state index contributed by atoms with van der Waals surface area (Å²) in [6.07, 6.45) is 5.15. The Morgan fingerprint density at radius 3 is 2.58 bits per heavy atom. The summed E-state index contributed by atoms with van der Waals surface area (Å²) in [6, 6.07) is 7.59. The van der Waals surface area contributed by atoms with Crippen molar-refractivity contribution in [2.45, 2.75) is 18.4 Å². The van der Waals surface area contributed by atoms with Crippen molar-refractivity contribution in [2.75, 3.05) is 12.0 Å². The van der Waals surface area contributed by atoms with E-state index in [0.717, 1.165) is 27.1 Å². The SMILES string of the molecule is CCn1c(-c2nonc2N)nc2cncc(-c3ccc([S+](C)[O-])cc3)c21. The van der Waals surface area contributed by atoms with Crippen LogP contribution in [0.5, 0.6) is 0 Å². The Kier molecular flexibility index (Phi) is 4.09. The summed E-state index contributed by atoms with van der Waals surface area (Å²) in [5.74, 6) is 0.779.